The molecule has 7 nitrogen and oxygen atoms in total. The molecular formula is C25H22ClFN6O. The number of aromatic nitrogens is 3. The molecule has 1 aliphatic rings. The number of amides is 1. The molecule has 9 heteroatoms. The number of benzene rings is 2. The molecule has 0 saturated carbocycles. The number of hydrogen-bond donors (Lipinski definition) is 2. The molecule has 1 amide bonds. The number of nitrogens with zero attached hydrogens (tertiary/aromatic N) is 4. The van der Waals surface area contributed by atoms with E-state index in [1.54, 1.807) is 43.5 Å². The molecule has 1 unspecified atom stereocenters. The third-order valence-electron chi connectivity index (χ3n) is 5.87. The first-order chi connectivity index (χ1) is 16.5. The summed E-state index contributed by atoms with van der Waals surface area (Å²) in [5.41, 5.74) is 3.90. The minimum atomic E-state index is -0.501. The summed E-state index contributed by atoms with van der Waals surface area (Å²) < 4.78 is 14.1. The third kappa shape index (κ3) is 4.42. The Morgan fingerprint density at radius 3 is 2.85 bits per heavy atom. The van der Waals surface area contributed by atoms with Gasteiger partial charge in [-0.05, 0) is 48.4 Å². The number of fused-ring (bicyclic) bond motifs is 1. The van der Waals surface area contributed by atoms with Gasteiger partial charge in [-0.3, -0.25) is 9.78 Å². The fourth-order valence-electron chi connectivity index (χ4n) is 4.06. The monoisotopic (exact) mass is 476 g/mol. The number of anilines is 2. The highest BCUT2D eigenvalue weighted by molar-refractivity contribution is 6.30. The standard InChI is InChI=1S/C25H22ClFN6O/c1-15-5-6-16(9-20(15)27)17-10-21-23(29-12-17)24(31-14-30-21)33-8-7-28-13-22(33)25(34)32-19-4-2-3-18(26)11-19/h2-6,9-12,14,22,28H,7-8,13H2,1H3,(H,32,34). The molecule has 0 radical (unpaired) electrons. The highest BCUT2D eigenvalue weighted by atomic mass is 35.5. The molecule has 0 bridgehead atoms. The van der Waals surface area contributed by atoms with Crippen molar-refractivity contribution in [2.45, 2.75) is 13.0 Å². The average Bonchev–Trinajstić information content (AvgIpc) is 2.85. The Kier molecular flexibility index (Phi) is 6.08. The van der Waals surface area contributed by atoms with E-state index < -0.39 is 6.04 Å². The second kappa shape index (κ2) is 9.32. The molecule has 34 heavy (non-hydrogen) atoms. The summed E-state index contributed by atoms with van der Waals surface area (Å²) in [5, 5.41) is 6.76. The van der Waals surface area contributed by atoms with Crippen LogP contribution in [0.15, 0.2) is 61.1 Å². The molecule has 5 rings (SSSR count). The van der Waals surface area contributed by atoms with E-state index in [2.05, 4.69) is 25.6 Å². The van der Waals surface area contributed by atoms with Crippen molar-refractivity contribution in [1.82, 2.24) is 20.3 Å². The van der Waals surface area contributed by atoms with Crippen molar-refractivity contribution < 1.29 is 9.18 Å². The lowest BCUT2D eigenvalue weighted by molar-refractivity contribution is -0.117. The molecule has 0 aliphatic carbocycles. The van der Waals surface area contributed by atoms with E-state index in [1.165, 1.54) is 12.4 Å². The minimum absolute atomic E-state index is 0.173. The number of carbonyl (C=O) groups is 1. The molecule has 2 aromatic heterocycles. The molecule has 1 saturated heterocycles. The molecule has 2 aromatic carbocycles. The van der Waals surface area contributed by atoms with E-state index >= 15 is 0 Å². The van der Waals surface area contributed by atoms with Crippen LogP contribution in [0.4, 0.5) is 15.9 Å². The first kappa shape index (κ1) is 22.2. The average molecular weight is 477 g/mol. The zero-order chi connectivity index (χ0) is 23.7. The Labute approximate surface area is 201 Å². The van der Waals surface area contributed by atoms with Crippen molar-refractivity contribution in [3.8, 4) is 11.1 Å². The topological polar surface area (TPSA) is 83.0 Å². The third-order valence-corrected chi connectivity index (χ3v) is 6.11. The van der Waals surface area contributed by atoms with Gasteiger partial charge in [0.15, 0.2) is 5.82 Å². The van der Waals surface area contributed by atoms with Crippen molar-refractivity contribution in [2.24, 2.45) is 0 Å². The molecule has 1 atom stereocenters. The second-order valence-electron chi connectivity index (χ2n) is 8.17. The van der Waals surface area contributed by atoms with Crippen LogP contribution in [-0.4, -0.2) is 46.5 Å². The zero-order valence-corrected chi connectivity index (χ0v) is 19.2. The lowest BCUT2D eigenvalue weighted by Crippen LogP contribution is -2.57. The van der Waals surface area contributed by atoms with Crippen molar-refractivity contribution in [2.75, 3.05) is 29.9 Å². The lowest BCUT2D eigenvalue weighted by Gasteiger charge is -2.36. The fourth-order valence-corrected chi connectivity index (χ4v) is 4.25. The van der Waals surface area contributed by atoms with E-state index in [1.807, 2.05) is 17.0 Å². The molecule has 1 fully saturated rings. The molecule has 4 aromatic rings. The minimum Gasteiger partial charge on any atom is -0.340 e. The maximum atomic E-state index is 14.1. The Bertz CT molecular complexity index is 1380. The molecular weight excluding hydrogens is 455 g/mol. The second-order valence-corrected chi connectivity index (χ2v) is 8.60. The van der Waals surface area contributed by atoms with Crippen LogP contribution in [0.3, 0.4) is 0 Å². The van der Waals surface area contributed by atoms with Crippen molar-refractivity contribution in [3.05, 3.63) is 77.5 Å². The van der Waals surface area contributed by atoms with Gasteiger partial charge in [0.1, 0.15) is 23.7 Å². The SMILES string of the molecule is Cc1ccc(-c2cnc3c(N4CCNCC4C(=O)Nc4cccc(Cl)c4)ncnc3c2)cc1F. The van der Waals surface area contributed by atoms with Gasteiger partial charge in [0, 0.05) is 42.1 Å². The first-order valence-electron chi connectivity index (χ1n) is 10.9. The normalized spacial score (nSPS) is 16.0. The number of rotatable bonds is 4. The van der Waals surface area contributed by atoms with Crippen LogP contribution in [0.25, 0.3) is 22.2 Å². The van der Waals surface area contributed by atoms with Crippen molar-refractivity contribution >= 4 is 40.0 Å². The van der Waals surface area contributed by atoms with E-state index in [0.717, 1.165) is 11.1 Å². The van der Waals surface area contributed by atoms with Crippen molar-refractivity contribution in [3.63, 3.8) is 0 Å². The Balaban J connectivity index is 1.47. The summed E-state index contributed by atoms with van der Waals surface area (Å²) in [7, 11) is 0. The smallest absolute Gasteiger partial charge is 0.248 e. The predicted octanol–water partition coefficient (Wildman–Crippen LogP) is 4.21. The molecule has 0 spiro atoms. The number of halogens is 2. The van der Waals surface area contributed by atoms with E-state index in [4.69, 9.17) is 11.6 Å². The predicted molar refractivity (Wildman–Crippen MR) is 132 cm³/mol. The summed E-state index contributed by atoms with van der Waals surface area (Å²) in [6.07, 6.45) is 3.15. The van der Waals surface area contributed by atoms with Gasteiger partial charge in [-0.1, -0.05) is 29.8 Å². The Morgan fingerprint density at radius 2 is 2.03 bits per heavy atom. The van der Waals surface area contributed by atoms with E-state index in [0.29, 0.717) is 52.8 Å². The molecule has 2 N–H and O–H groups in total. The summed E-state index contributed by atoms with van der Waals surface area (Å²) in [4.78, 5) is 28.6. The number of nitrogens with one attached hydrogen (secondary N) is 2. The summed E-state index contributed by atoms with van der Waals surface area (Å²) >= 11 is 6.06. The number of piperazine rings is 1. The van der Waals surface area contributed by atoms with E-state index in [-0.39, 0.29) is 11.7 Å². The van der Waals surface area contributed by atoms with Gasteiger partial charge >= 0.3 is 0 Å². The fraction of sp³-hybridized carbons (Fsp3) is 0.200. The van der Waals surface area contributed by atoms with Crippen LogP contribution < -0.4 is 15.5 Å². The van der Waals surface area contributed by atoms with Gasteiger partial charge in [0.2, 0.25) is 5.91 Å². The number of hydrogen-bond acceptors (Lipinski definition) is 6. The van der Waals surface area contributed by atoms with Gasteiger partial charge in [0.05, 0.1) is 5.52 Å². The van der Waals surface area contributed by atoms with Crippen LogP contribution in [0.1, 0.15) is 5.56 Å². The highest BCUT2D eigenvalue weighted by Crippen LogP contribution is 2.28. The maximum absolute atomic E-state index is 14.1. The Hall–Kier alpha value is -3.62. The van der Waals surface area contributed by atoms with E-state index in [9.17, 15) is 9.18 Å². The lowest BCUT2D eigenvalue weighted by atomic mass is 10.0. The molecule has 1 aliphatic heterocycles. The van der Waals surface area contributed by atoms with Crippen LogP contribution >= 0.6 is 11.6 Å². The quantitative estimate of drug-likeness (QED) is 0.459. The summed E-state index contributed by atoms with van der Waals surface area (Å²) in [6.45, 7) is 3.46. The maximum Gasteiger partial charge on any atom is 0.248 e. The first-order valence-corrected chi connectivity index (χ1v) is 11.3. The summed E-state index contributed by atoms with van der Waals surface area (Å²) in [5.74, 6) is 0.141. The number of pyridine rings is 1. The van der Waals surface area contributed by atoms with Gasteiger partial charge < -0.3 is 15.5 Å². The molecule has 172 valence electrons. The van der Waals surface area contributed by atoms with Crippen LogP contribution in [0.5, 0.6) is 0 Å². The molecule has 3 heterocycles. The van der Waals surface area contributed by atoms with Gasteiger partial charge in [-0.2, -0.15) is 0 Å². The largest absolute Gasteiger partial charge is 0.340 e. The van der Waals surface area contributed by atoms with Crippen molar-refractivity contribution in [1.29, 1.82) is 0 Å². The zero-order valence-electron chi connectivity index (χ0n) is 18.4. The van der Waals surface area contributed by atoms with Gasteiger partial charge in [0.25, 0.3) is 0 Å². The Morgan fingerprint density at radius 1 is 1.15 bits per heavy atom. The van der Waals surface area contributed by atoms with Gasteiger partial charge in [-0.25, -0.2) is 14.4 Å². The van der Waals surface area contributed by atoms with Crippen LogP contribution in [0.2, 0.25) is 5.02 Å². The number of carbonyl (C=O) groups excluding carboxylic acids is 1. The van der Waals surface area contributed by atoms with Crippen LogP contribution in [-0.2, 0) is 4.79 Å². The number of aryl methyl sites for hydroxylation is 1. The highest BCUT2D eigenvalue weighted by Gasteiger charge is 2.31. The summed E-state index contributed by atoms with van der Waals surface area (Å²) in [6, 6.07) is 13.5. The van der Waals surface area contributed by atoms with Gasteiger partial charge in [-0.15, -0.1) is 0 Å². The van der Waals surface area contributed by atoms with Crippen LogP contribution in [0, 0.1) is 12.7 Å².